The monoisotopic (exact) mass is 389 g/mol. The van der Waals surface area contributed by atoms with Crippen molar-refractivity contribution in [3.8, 4) is 0 Å². The van der Waals surface area contributed by atoms with Crippen LogP contribution in [0.15, 0.2) is 91.0 Å². The lowest BCUT2D eigenvalue weighted by atomic mass is 9.80. The number of hydrogen-bond donors (Lipinski definition) is 1. The van der Waals surface area contributed by atoms with Gasteiger partial charge >= 0.3 is 0 Å². The number of ether oxygens (including phenoxy) is 2. The van der Waals surface area contributed by atoms with Gasteiger partial charge in [0.2, 0.25) is 0 Å². The van der Waals surface area contributed by atoms with Crippen molar-refractivity contribution in [3.05, 3.63) is 108 Å². The third-order valence-corrected chi connectivity index (χ3v) is 5.28. The number of benzene rings is 3. The highest BCUT2D eigenvalue weighted by molar-refractivity contribution is 7.80. The Hall–Kier alpha value is -2.69. The van der Waals surface area contributed by atoms with Crippen LogP contribution in [-0.2, 0) is 15.1 Å². The van der Waals surface area contributed by atoms with Gasteiger partial charge in [0.25, 0.3) is 5.17 Å². The highest BCUT2D eigenvalue weighted by Gasteiger charge is 2.38. The van der Waals surface area contributed by atoms with Gasteiger partial charge in [-0.2, -0.15) is 0 Å². The average Bonchev–Trinajstić information content (AvgIpc) is 2.77. The number of nitrogens with one attached hydrogen (secondary N) is 1. The van der Waals surface area contributed by atoms with Crippen molar-refractivity contribution in [1.82, 2.24) is 5.32 Å². The molecule has 3 aromatic rings. The molecule has 4 heteroatoms. The van der Waals surface area contributed by atoms with E-state index in [0.29, 0.717) is 11.8 Å². The fourth-order valence-corrected chi connectivity index (χ4v) is 3.93. The molecule has 0 saturated carbocycles. The van der Waals surface area contributed by atoms with E-state index in [1.54, 1.807) is 0 Å². The Kier molecular flexibility index (Phi) is 5.70. The van der Waals surface area contributed by atoms with Gasteiger partial charge in [-0.3, -0.25) is 0 Å². The fraction of sp³-hybridized carbons (Fsp3) is 0.208. The summed E-state index contributed by atoms with van der Waals surface area (Å²) < 4.78 is 12.5. The maximum absolute atomic E-state index is 6.76. The van der Waals surface area contributed by atoms with Crippen molar-refractivity contribution in [2.75, 3.05) is 13.2 Å². The highest BCUT2D eigenvalue weighted by atomic mass is 32.1. The summed E-state index contributed by atoms with van der Waals surface area (Å²) in [4.78, 5) is 0. The van der Waals surface area contributed by atoms with Crippen LogP contribution in [-0.4, -0.2) is 24.4 Å². The van der Waals surface area contributed by atoms with E-state index in [0.717, 1.165) is 29.7 Å². The van der Waals surface area contributed by atoms with Crippen molar-refractivity contribution in [2.24, 2.45) is 0 Å². The molecule has 0 amide bonds. The topological polar surface area (TPSA) is 30.5 Å². The summed E-state index contributed by atoms with van der Waals surface area (Å²) in [6, 6.07) is 31.1. The smallest absolute Gasteiger partial charge is 0.256 e. The molecule has 1 aliphatic heterocycles. The summed E-state index contributed by atoms with van der Waals surface area (Å²) in [6.45, 7) is 1.25. The molecule has 1 aliphatic rings. The Balaban J connectivity index is 1.80. The zero-order valence-corrected chi connectivity index (χ0v) is 16.4. The molecule has 1 heterocycles. The van der Waals surface area contributed by atoms with Crippen molar-refractivity contribution in [1.29, 1.82) is 0 Å². The molecule has 1 atom stereocenters. The Morgan fingerprint density at radius 3 is 1.71 bits per heavy atom. The molecule has 3 aromatic carbocycles. The van der Waals surface area contributed by atoms with Crippen LogP contribution in [0.5, 0.6) is 0 Å². The van der Waals surface area contributed by atoms with E-state index in [4.69, 9.17) is 21.7 Å². The summed E-state index contributed by atoms with van der Waals surface area (Å²) >= 11 is 5.18. The predicted molar refractivity (Wildman–Crippen MR) is 115 cm³/mol. The minimum Gasteiger partial charge on any atom is -0.465 e. The van der Waals surface area contributed by atoms with E-state index < -0.39 is 5.60 Å². The summed E-state index contributed by atoms with van der Waals surface area (Å²) in [6.07, 6.45) is 0.790. The minimum atomic E-state index is -0.723. The first-order chi connectivity index (χ1) is 13.8. The Labute approximate surface area is 171 Å². The Morgan fingerprint density at radius 2 is 1.29 bits per heavy atom. The molecular weight excluding hydrogens is 366 g/mol. The van der Waals surface area contributed by atoms with Crippen LogP contribution >= 0.6 is 12.2 Å². The lowest BCUT2D eigenvalue weighted by molar-refractivity contribution is -0.0395. The van der Waals surface area contributed by atoms with Gasteiger partial charge in [-0.15, -0.1) is 0 Å². The van der Waals surface area contributed by atoms with Crippen molar-refractivity contribution in [3.63, 3.8) is 0 Å². The fourth-order valence-electron chi connectivity index (χ4n) is 3.69. The van der Waals surface area contributed by atoms with Crippen molar-refractivity contribution >= 4 is 17.4 Å². The molecule has 3 nitrogen and oxygen atoms in total. The van der Waals surface area contributed by atoms with E-state index in [9.17, 15) is 0 Å². The molecule has 28 heavy (non-hydrogen) atoms. The molecular formula is C24H23NO2S. The van der Waals surface area contributed by atoms with Gasteiger partial charge in [-0.25, -0.2) is 0 Å². The second-order valence-electron chi connectivity index (χ2n) is 6.83. The lowest BCUT2D eigenvalue weighted by Gasteiger charge is -2.37. The molecule has 1 N–H and O–H groups in total. The van der Waals surface area contributed by atoms with Crippen LogP contribution in [0.25, 0.3) is 0 Å². The third-order valence-electron chi connectivity index (χ3n) is 5.04. The first-order valence-corrected chi connectivity index (χ1v) is 9.95. The van der Waals surface area contributed by atoms with Crippen LogP contribution in [0, 0.1) is 0 Å². The molecule has 142 valence electrons. The van der Waals surface area contributed by atoms with Gasteiger partial charge in [-0.05, 0) is 28.9 Å². The van der Waals surface area contributed by atoms with Gasteiger partial charge in [0.1, 0.15) is 11.7 Å². The molecule has 1 fully saturated rings. The van der Waals surface area contributed by atoms with E-state index in [1.165, 1.54) is 0 Å². The van der Waals surface area contributed by atoms with Gasteiger partial charge in [-0.1, -0.05) is 91.0 Å². The second kappa shape index (κ2) is 8.55. The van der Waals surface area contributed by atoms with E-state index in [2.05, 4.69) is 78.1 Å². The zero-order chi connectivity index (χ0) is 19.2. The first kappa shape index (κ1) is 18.7. The quantitative estimate of drug-likeness (QED) is 0.491. The maximum atomic E-state index is 6.76. The SMILES string of the molecule is S=C1NCC[C@@H](COC(c2ccccc2)(c2ccccc2)c2ccccc2)O1. The Bertz CT molecular complexity index is 803. The van der Waals surface area contributed by atoms with Gasteiger partial charge in [0.05, 0.1) is 6.61 Å². The van der Waals surface area contributed by atoms with E-state index >= 15 is 0 Å². The van der Waals surface area contributed by atoms with Crippen LogP contribution in [0.1, 0.15) is 23.1 Å². The average molecular weight is 390 g/mol. The first-order valence-electron chi connectivity index (χ1n) is 9.54. The lowest BCUT2D eigenvalue weighted by Crippen LogP contribution is -2.42. The van der Waals surface area contributed by atoms with Crippen LogP contribution in [0.3, 0.4) is 0 Å². The molecule has 1 saturated heterocycles. The van der Waals surface area contributed by atoms with E-state index in [1.807, 2.05) is 18.2 Å². The summed E-state index contributed by atoms with van der Waals surface area (Å²) in [5, 5.41) is 3.51. The number of hydrogen-bond acceptors (Lipinski definition) is 3. The minimum absolute atomic E-state index is 0.0655. The zero-order valence-electron chi connectivity index (χ0n) is 15.6. The van der Waals surface area contributed by atoms with Gasteiger partial charge in [0.15, 0.2) is 0 Å². The van der Waals surface area contributed by atoms with E-state index in [-0.39, 0.29) is 6.10 Å². The van der Waals surface area contributed by atoms with Crippen LogP contribution < -0.4 is 5.32 Å². The number of rotatable bonds is 6. The van der Waals surface area contributed by atoms with Crippen molar-refractivity contribution in [2.45, 2.75) is 18.1 Å². The van der Waals surface area contributed by atoms with Crippen molar-refractivity contribution < 1.29 is 9.47 Å². The maximum Gasteiger partial charge on any atom is 0.256 e. The molecule has 0 aromatic heterocycles. The normalized spacial score (nSPS) is 16.9. The highest BCUT2D eigenvalue weighted by Crippen LogP contribution is 2.40. The van der Waals surface area contributed by atoms with Crippen LogP contribution in [0.4, 0.5) is 0 Å². The number of thiocarbonyl (C=S) groups is 1. The molecule has 0 bridgehead atoms. The summed E-state index contributed by atoms with van der Waals surface area (Å²) in [7, 11) is 0. The molecule has 0 radical (unpaired) electrons. The summed E-state index contributed by atoms with van der Waals surface area (Å²) in [5.74, 6) is 0. The molecule has 4 rings (SSSR count). The second-order valence-corrected chi connectivity index (χ2v) is 7.20. The molecule has 0 unspecified atom stereocenters. The van der Waals surface area contributed by atoms with Crippen LogP contribution in [0.2, 0.25) is 0 Å². The largest absolute Gasteiger partial charge is 0.465 e. The Morgan fingerprint density at radius 1 is 0.821 bits per heavy atom. The summed E-state index contributed by atoms with van der Waals surface area (Å²) in [5.41, 5.74) is 2.54. The standard InChI is InChI=1S/C24H23NO2S/c28-23-25-17-16-22(27-23)18-26-24(19-10-4-1-5-11-19,20-12-6-2-7-13-20)21-14-8-3-9-15-21/h1-15,22H,16-18H2,(H,25,28)/t22-/m0/s1. The van der Waals surface area contributed by atoms with Gasteiger partial charge in [0, 0.05) is 13.0 Å². The predicted octanol–water partition coefficient (Wildman–Crippen LogP) is 4.66. The third kappa shape index (κ3) is 3.79. The van der Waals surface area contributed by atoms with Gasteiger partial charge < -0.3 is 14.8 Å². The molecule has 0 aliphatic carbocycles. The molecule has 0 spiro atoms.